The lowest BCUT2D eigenvalue weighted by atomic mass is 10.1. The van der Waals surface area contributed by atoms with Crippen LogP contribution in [-0.4, -0.2) is 5.91 Å². The highest BCUT2D eigenvalue weighted by molar-refractivity contribution is 9.11. The van der Waals surface area contributed by atoms with Crippen molar-refractivity contribution < 1.29 is 9.18 Å². The number of carbonyl (C=O) groups is 1. The first kappa shape index (κ1) is 15.0. The fraction of sp³-hybridized carbons (Fsp3) is 0. The Hall–Kier alpha value is -1.44. The number of carbonyl (C=O) groups excluding carboxylic acids is 1. The van der Waals surface area contributed by atoms with E-state index >= 15 is 0 Å². The number of nitrogens with one attached hydrogen (secondary N) is 2. The number of rotatable bonds is 3. The lowest BCUT2D eigenvalue weighted by Crippen LogP contribution is -2.18. The molecule has 2 aromatic rings. The van der Waals surface area contributed by atoms with E-state index in [2.05, 4.69) is 42.6 Å². The molecule has 0 saturated heterocycles. The molecule has 2 aromatic carbocycles. The summed E-state index contributed by atoms with van der Waals surface area (Å²) in [6.07, 6.45) is 0. The zero-order valence-corrected chi connectivity index (χ0v) is 13.3. The summed E-state index contributed by atoms with van der Waals surface area (Å²) in [5.74, 6) is 4.20. The van der Waals surface area contributed by atoms with Crippen LogP contribution < -0.4 is 16.6 Å². The first-order chi connectivity index (χ1) is 9.52. The Bertz CT molecular complexity index is 664. The van der Waals surface area contributed by atoms with E-state index in [1.807, 2.05) is 6.07 Å². The van der Waals surface area contributed by atoms with Gasteiger partial charge in [0, 0.05) is 8.95 Å². The number of hydrogen-bond donors (Lipinski definition) is 3. The van der Waals surface area contributed by atoms with Gasteiger partial charge in [-0.3, -0.25) is 10.6 Å². The Morgan fingerprint density at radius 3 is 2.65 bits per heavy atom. The van der Waals surface area contributed by atoms with E-state index in [4.69, 9.17) is 5.84 Å². The molecule has 104 valence electrons. The van der Waals surface area contributed by atoms with Crippen LogP contribution in [0.15, 0.2) is 45.3 Å². The van der Waals surface area contributed by atoms with Gasteiger partial charge in [-0.2, -0.15) is 0 Å². The number of nitrogen functional groups attached to an aromatic ring is 1. The third kappa shape index (κ3) is 3.17. The third-order valence-corrected chi connectivity index (χ3v) is 3.76. The van der Waals surface area contributed by atoms with Gasteiger partial charge in [-0.15, -0.1) is 0 Å². The van der Waals surface area contributed by atoms with Gasteiger partial charge in [0.15, 0.2) is 0 Å². The minimum absolute atomic E-state index is 0.0453. The lowest BCUT2D eigenvalue weighted by molar-refractivity contribution is 0.102. The molecular formula is C13H10Br2FN3O. The zero-order valence-electron chi connectivity index (χ0n) is 10.1. The Labute approximate surface area is 131 Å². The van der Waals surface area contributed by atoms with Gasteiger partial charge in [0.05, 0.1) is 16.9 Å². The number of hydrogen-bond acceptors (Lipinski definition) is 3. The Morgan fingerprint density at radius 2 is 1.95 bits per heavy atom. The van der Waals surface area contributed by atoms with Crippen molar-refractivity contribution in [1.82, 2.24) is 0 Å². The Morgan fingerprint density at radius 1 is 1.20 bits per heavy atom. The highest BCUT2D eigenvalue weighted by Gasteiger charge is 2.15. The van der Waals surface area contributed by atoms with Crippen molar-refractivity contribution in [1.29, 1.82) is 0 Å². The summed E-state index contributed by atoms with van der Waals surface area (Å²) in [5, 5.41) is 2.69. The molecule has 1 amide bonds. The minimum atomic E-state index is -0.589. The van der Waals surface area contributed by atoms with E-state index in [0.29, 0.717) is 10.2 Å². The number of nitrogens with two attached hydrogens (primary N) is 1. The van der Waals surface area contributed by atoms with Crippen LogP contribution in [0.4, 0.5) is 15.8 Å². The molecule has 0 aliphatic heterocycles. The van der Waals surface area contributed by atoms with E-state index in [0.717, 1.165) is 4.47 Å². The SMILES string of the molecule is NNc1c(F)cccc1C(=O)Nc1cc(Br)ccc1Br. The predicted molar refractivity (Wildman–Crippen MR) is 84.0 cm³/mol. The second-order valence-corrected chi connectivity index (χ2v) is 5.66. The first-order valence-electron chi connectivity index (χ1n) is 5.54. The number of hydrazine groups is 1. The molecule has 0 aromatic heterocycles. The van der Waals surface area contributed by atoms with Crippen molar-refractivity contribution in [3.8, 4) is 0 Å². The second kappa shape index (κ2) is 6.34. The molecule has 0 bridgehead atoms. The molecule has 0 radical (unpaired) electrons. The van der Waals surface area contributed by atoms with Gasteiger partial charge in [0.2, 0.25) is 0 Å². The molecule has 0 fully saturated rings. The molecule has 0 saturated carbocycles. The average molecular weight is 403 g/mol. The van der Waals surface area contributed by atoms with Crippen LogP contribution >= 0.6 is 31.9 Å². The fourth-order valence-corrected chi connectivity index (χ4v) is 2.35. The van der Waals surface area contributed by atoms with E-state index < -0.39 is 11.7 Å². The topological polar surface area (TPSA) is 67.1 Å². The van der Waals surface area contributed by atoms with Gasteiger partial charge in [0.25, 0.3) is 5.91 Å². The number of para-hydroxylation sites is 1. The van der Waals surface area contributed by atoms with E-state index in [-0.39, 0.29) is 11.3 Å². The van der Waals surface area contributed by atoms with E-state index in [1.165, 1.54) is 18.2 Å². The van der Waals surface area contributed by atoms with Crippen LogP contribution in [0, 0.1) is 5.82 Å². The van der Waals surface area contributed by atoms with Gasteiger partial charge < -0.3 is 10.7 Å². The molecule has 0 spiro atoms. The molecule has 0 unspecified atom stereocenters. The Balaban J connectivity index is 2.33. The summed E-state index contributed by atoms with van der Waals surface area (Å²) in [6.45, 7) is 0. The van der Waals surface area contributed by atoms with Gasteiger partial charge >= 0.3 is 0 Å². The summed E-state index contributed by atoms with van der Waals surface area (Å²) in [5.41, 5.74) is 2.85. The van der Waals surface area contributed by atoms with Crippen LogP contribution in [0.3, 0.4) is 0 Å². The monoisotopic (exact) mass is 401 g/mol. The number of amides is 1. The van der Waals surface area contributed by atoms with Gasteiger partial charge in [-0.05, 0) is 46.3 Å². The summed E-state index contributed by atoms with van der Waals surface area (Å²) in [6, 6.07) is 9.50. The van der Waals surface area contributed by atoms with Crippen LogP contribution in [0.25, 0.3) is 0 Å². The highest BCUT2D eigenvalue weighted by atomic mass is 79.9. The molecule has 0 heterocycles. The normalized spacial score (nSPS) is 10.2. The smallest absolute Gasteiger partial charge is 0.257 e. The number of benzene rings is 2. The van der Waals surface area contributed by atoms with Crippen molar-refractivity contribution in [3.63, 3.8) is 0 Å². The van der Waals surface area contributed by atoms with Crippen LogP contribution in [0.5, 0.6) is 0 Å². The first-order valence-corrected chi connectivity index (χ1v) is 7.13. The average Bonchev–Trinajstić information content (AvgIpc) is 2.42. The predicted octanol–water partition coefficient (Wildman–Crippen LogP) is 3.89. The largest absolute Gasteiger partial charge is 0.321 e. The maximum Gasteiger partial charge on any atom is 0.257 e. The molecule has 7 heteroatoms. The molecule has 4 nitrogen and oxygen atoms in total. The highest BCUT2D eigenvalue weighted by Crippen LogP contribution is 2.27. The third-order valence-electron chi connectivity index (χ3n) is 2.58. The van der Waals surface area contributed by atoms with Crippen molar-refractivity contribution >= 4 is 49.1 Å². The van der Waals surface area contributed by atoms with E-state index in [9.17, 15) is 9.18 Å². The number of halogens is 3. The summed E-state index contributed by atoms with van der Waals surface area (Å²) < 4.78 is 15.1. The van der Waals surface area contributed by atoms with Crippen LogP contribution in [0.1, 0.15) is 10.4 Å². The quantitative estimate of drug-likeness (QED) is 0.539. The lowest BCUT2D eigenvalue weighted by Gasteiger charge is -2.11. The van der Waals surface area contributed by atoms with Crippen molar-refractivity contribution in [2.24, 2.45) is 5.84 Å². The fourth-order valence-electron chi connectivity index (χ4n) is 1.64. The zero-order chi connectivity index (χ0) is 14.7. The summed E-state index contributed by atoms with van der Waals surface area (Å²) >= 11 is 6.65. The Kier molecular flexibility index (Phi) is 4.74. The standard InChI is InChI=1S/C13H10Br2FN3O/c14-7-4-5-9(15)11(6-7)18-13(20)8-2-1-3-10(16)12(8)19-17/h1-6,19H,17H2,(H,18,20). The summed E-state index contributed by atoms with van der Waals surface area (Å²) in [4.78, 5) is 12.2. The van der Waals surface area contributed by atoms with Gasteiger partial charge in [-0.1, -0.05) is 22.0 Å². The van der Waals surface area contributed by atoms with Crippen molar-refractivity contribution in [2.75, 3.05) is 10.7 Å². The molecule has 0 atom stereocenters. The van der Waals surface area contributed by atoms with Gasteiger partial charge in [-0.25, -0.2) is 4.39 Å². The maximum atomic E-state index is 13.6. The molecule has 0 aliphatic rings. The summed E-state index contributed by atoms with van der Waals surface area (Å²) in [7, 11) is 0. The van der Waals surface area contributed by atoms with Crippen LogP contribution in [0.2, 0.25) is 0 Å². The van der Waals surface area contributed by atoms with E-state index in [1.54, 1.807) is 12.1 Å². The van der Waals surface area contributed by atoms with Crippen molar-refractivity contribution in [3.05, 3.63) is 56.7 Å². The van der Waals surface area contributed by atoms with Crippen molar-refractivity contribution in [2.45, 2.75) is 0 Å². The minimum Gasteiger partial charge on any atom is -0.321 e. The number of anilines is 2. The van der Waals surface area contributed by atoms with Gasteiger partial charge in [0.1, 0.15) is 5.82 Å². The maximum absolute atomic E-state index is 13.6. The second-order valence-electron chi connectivity index (χ2n) is 3.89. The van der Waals surface area contributed by atoms with Crippen LogP contribution in [-0.2, 0) is 0 Å². The molecule has 20 heavy (non-hydrogen) atoms. The molecular weight excluding hydrogens is 393 g/mol. The molecule has 4 N–H and O–H groups in total. The molecule has 0 aliphatic carbocycles. The molecule has 2 rings (SSSR count).